The van der Waals surface area contributed by atoms with Crippen molar-refractivity contribution in [1.82, 2.24) is 4.98 Å². The van der Waals surface area contributed by atoms with Crippen LogP contribution in [0.15, 0.2) is 34.7 Å². The van der Waals surface area contributed by atoms with Gasteiger partial charge in [0, 0.05) is 5.56 Å². The summed E-state index contributed by atoms with van der Waals surface area (Å²) in [4.78, 5) is 14.3. The Labute approximate surface area is 137 Å². The number of carbonyl (C=O) groups excluding carboxylic acids is 1. The number of halogens is 6. The molecular formula is C15H11F6NO3. The van der Waals surface area contributed by atoms with E-state index in [9.17, 15) is 31.1 Å². The highest BCUT2D eigenvalue weighted by atomic mass is 19.4. The molecule has 0 fully saturated rings. The van der Waals surface area contributed by atoms with Crippen LogP contribution in [0.5, 0.6) is 0 Å². The second kappa shape index (κ2) is 7.16. The molecule has 0 amide bonds. The zero-order valence-electron chi connectivity index (χ0n) is 12.4. The Morgan fingerprint density at radius 3 is 2.28 bits per heavy atom. The molecule has 0 aliphatic rings. The van der Waals surface area contributed by atoms with Gasteiger partial charge in [0.15, 0.2) is 0 Å². The molecule has 2 rings (SSSR count). The number of carbonyl (C=O) groups is 1. The molecule has 0 aliphatic carbocycles. The third-order valence-electron chi connectivity index (χ3n) is 3.00. The quantitative estimate of drug-likeness (QED) is 0.447. The second-order valence-corrected chi connectivity index (χ2v) is 4.90. The van der Waals surface area contributed by atoms with E-state index < -0.39 is 36.4 Å². The van der Waals surface area contributed by atoms with Crippen molar-refractivity contribution in [2.24, 2.45) is 0 Å². The molecule has 0 spiro atoms. The number of aryl methyl sites for hydroxylation is 1. The van der Waals surface area contributed by atoms with Crippen molar-refractivity contribution in [2.45, 2.75) is 25.2 Å². The van der Waals surface area contributed by atoms with E-state index in [2.05, 4.69) is 9.72 Å². The van der Waals surface area contributed by atoms with Crippen LogP contribution in [0.4, 0.5) is 26.3 Å². The molecule has 25 heavy (non-hydrogen) atoms. The Morgan fingerprint density at radius 2 is 1.72 bits per heavy atom. The van der Waals surface area contributed by atoms with Crippen LogP contribution in [0.3, 0.4) is 0 Å². The Balaban J connectivity index is 2.09. The summed E-state index contributed by atoms with van der Waals surface area (Å²) in [5, 5.41) is 0. The van der Waals surface area contributed by atoms with Gasteiger partial charge in [-0.3, -0.25) is 0 Å². The number of hydrogen-bond donors (Lipinski definition) is 0. The Hall–Kier alpha value is -2.52. The first-order valence-corrected chi connectivity index (χ1v) is 6.95. The number of benzene rings is 1. The fourth-order valence-corrected chi connectivity index (χ4v) is 1.93. The van der Waals surface area contributed by atoms with Gasteiger partial charge >= 0.3 is 18.3 Å². The molecule has 0 aliphatic heterocycles. The third-order valence-corrected chi connectivity index (χ3v) is 3.00. The number of aromatic nitrogens is 1. The van der Waals surface area contributed by atoms with Crippen LogP contribution >= 0.6 is 0 Å². The Morgan fingerprint density at radius 1 is 1.08 bits per heavy atom. The van der Waals surface area contributed by atoms with E-state index in [1.165, 1.54) is 12.1 Å². The number of rotatable bonds is 5. The maximum Gasteiger partial charge on any atom is 0.490 e. The van der Waals surface area contributed by atoms with E-state index in [1.807, 2.05) is 0 Å². The molecule has 0 bridgehead atoms. The first-order valence-electron chi connectivity index (χ1n) is 6.95. The van der Waals surface area contributed by atoms with Crippen molar-refractivity contribution < 1.29 is 40.3 Å². The highest BCUT2D eigenvalue weighted by molar-refractivity contribution is 5.75. The molecule has 136 valence electrons. The van der Waals surface area contributed by atoms with Crippen LogP contribution in [0.2, 0.25) is 0 Å². The van der Waals surface area contributed by atoms with Gasteiger partial charge in [-0.15, -0.1) is 0 Å². The lowest BCUT2D eigenvalue weighted by Gasteiger charge is -2.07. The summed E-state index contributed by atoms with van der Waals surface area (Å²) in [5.74, 6) is -3.97. The first kappa shape index (κ1) is 18.8. The van der Waals surface area contributed by atoms with E-state index in [4.69, 9.17) is 4.42 Å². The van der Waals surface area contributed by atoms with Gasteiger partial charge in [-0.1, -0.05) is 18.2 Å². The van der Waals surface area contributed by atoms with Crippen molar-refractivity contribution in [1.29, 1.82) is 0 Å². The first-order chi connectivity index (χ1) is 11.6. The van der Waals surface area contributed by atoms with E-state index in [-0.39, 0.29) is 18.7 Å². The highest BCUT2D eigenvalue weighted by Gasteiger charge is 2.41. The second-order valence-electron chi connectivity index (χ2n) is 4.90. The lowest BCUT2D eigenvalue weighted by Crippen LogP contribution is -2.25. The summed E-state index contributed by atoms with van der Waals surface area (Å²) in [6.07, 6.45) is -10.6. The molecule has 1 aromatic heterocycles. The van der Waals surface area contributed by atoms with Crippen molar-refractivity contribution >= 4 is 5.97 Å². The average Bonchev–Trinajstić information content (AvgIpc) is 2.95. The number of nitrogens with zero attached hydrogens (tertiary/aromatic N) is 1. The topological polar surface area (TPSA) is 52.3 Å². The number of esters is 1. The van der Waals surface area contributed by atoms with Gasteiger partial charge in [0.05, 0.1) is 12.3 Å². The van der Waals surface area contributed by atoms with Gasteiger partial charge in [0.1, 0.15) is 0 Å². The fourth-order valence-electron chi connectivity index (χ4n) is 1.93. The van der Waals surface area contributed by atoms with Crippen molar-refractivity contribution in [3.05, 3.63) is 41.8 Å². The van der Waals surface area contributed by atoms with Crippen molar-refractivity contribution in [3.8, 4) is 11.5 Å². The third kappa shape index (κ3) is 4.97. The van der Waals surface area contributed by atoms with Crippen LogP contribution in [0.25, 0.3) is 11.5 Å². The molecule has 1 aromatic carbocycles. The normalized spacial score (nSPS) is 12.2. The molecule has 0 N–H and O–H groups in total. The molecule has 0 unspecified atom stereocenters. The van der Waals surface area contributed by atoms with Gasteiger partial charge in [0.2, 0.25) is 11.7 Å². The lowest BCUT2D eigenvalue weighted by atomic mass is 10.2. The van der Waals surface area contributed by atoms with Gasteiger partial charge < -0.3 is 9.15 Å². The van der Waals surface area contributed by atoms with Crippen LogP contribution in [0.1, 0.15) is 17.9 Å². The summed E-state index contributed by atoms with van der Waals surface area (Å²) in [5.41, 5.74) is -0.142. The van der Waals surface area contributed by atoms with Crippen molar-refractivity contribution in [3.63, 3.8) is 0 Å². The predicted octanol–water partition coefficient (Wildman–Crippen LogP) is 4.40. The summed E-state index contributed by atoms with van der Waals surface area (Å²) < 4.78 is 83.6. The maximum atomic E-state index is 13.0. The van der Waals surface area contributed by atoms with Crippen LogP contribution in [-0.4, -0.2) is 23.7 Å². The summed E-state index contributed by atoms with van der Waals surface area (Å²) in [6, 6.07) is 7.83. The minimum absolute atomic E-state index is 0.254. The Kier molecular flexibility index (Phi) is 5.39. The molecule has 0 saturated carbocycles. The molecule has 0 saturated heterocycles. The molecule has 1 heterocycles. The Bertz CT molecular complexity index is 721. The van der Waals surface area contributed by atoms with E-state index in [0.717, 1.165) is 0 Å². The average molecular weight is 367 g/mol. The lowest BCUT2D eigenvalue weighted by molar-refractivity contribution is -0.199. The van der Waals surface area contributed by atoms with Gasteiger partial charge in [0.25, 0.3) is 0 Å². The van der Waals surface area contributed by atoms with E-state index in [1.54, 1.807) is 18.2 Å². The number of alkyl halides is 6. The summed E-state index contributed by atoms with van der Waals surface area (Å²) in [7, 11) is 0. The van der Waals surface area contributed by atoms with Gasteiger partial charge in [-0.25, -0.2) is 9.78 Å². The highest BCUT2D eigenvalue weighted by Crippen LogP contribution is 2.35. The SMILES string of the molecule is O=C(OCCCc1nc(-c2ccccc2)oc1C(F)(F)F)C(F)(F)F. The zero-order chi connectivity index (χ0) is 18.7. The molecule has 10 heteroatoms. The predicted molar refractivity (Wildman–Crippen MR) is 72.3 cm³/mol. The van der Waals surface area contributed by atoms with Crippen LogP contribution in [0, 0.1) is 0 Å². The molecule has 2 aromatic rings. The molecule has 0 radical (unpaired) electrons. The van der Waals surface area contributed by atoms with Gasteiger partial charge in [-0.05, 0) is 25.0 Å². The van der Waals surface area contributed by atoms with Gasteiger partial charge in [-0.2, -0.15) is 26.3 Å². The number of ether oxygens (including phenoxy) is 1. The summed E-state index contributed by atoms with van der Waals surface area (Å²) >= 11 is 0. The number of hydrogen-bond acceptors (Lipinski definition) is 4. The zero-order valence-corrected chi connectivity index (χ0v) is 12.4. The summed E-state index contributed by atoms with van der Waals surface area (Å²) in [6.45, 7) is -0.691. The molecular weight excluding hydrogens is 356 g/mol. The van der Waals surface area contributed by atoms with Crippen molar-refractivity contribution in [2.75, 3.05) is 6.61 Å². The standard InChI is InChI=1S/C15H11F6NO3/c16-14(17,18)11-10(7-4-8-24-13(23)15(19,20)21)22-12(25-11)9-5-2-1-3-6-9/h1-3,5-6H,4,7-8H2. The largest absolute Gasteiger partial charge is 0.490 e. The van der Waals surface area contributed by atoms with Crippen LogP contribution in [-0.2, 0) is 22.1 Å². The van der Waals surface area contributed by atoms with E-state index in [0.29, 0.717) is 5.56 Å². The minimum Gasteiger partial charge on any atom is -0.459 e. The maximum absolute atomic E-state index is 13.0. The molecule has 0 atom stereocenters. The smallest absolute Gasteiger partial charge is 0.459 e. The van der Waals surface area contributed by atoms with Crippen LogP contribution < -0.4 is 0 Å². The van der Waals surface area contributed by atoms with E-state index >= 15 is 0 Å². The fraction of sp³-hybridized carbons (Fsp3) is 0.333. The number of oxazole rings is 1. The monoisotopic (exact) mass is 367 g/mol. The molecule has 4 nitrogen and oxygen atoms in total. The minimum atomic E-state index is -5.15.